The Hall–Kier alpha value is -0.710. The Morgan fingerprint density at radius 2 is 2.17 bits per heavy atom. The van der Waals surface area contributed by atoms with Crippen LogP contribution in [-0.4, -0.2) is 37.6 Å². The molecule has 0 spiro atoms. The molecule has 1 fully saturated rings. The molecule has 2 rings (SSSR count). The van der Waals surface area contributed by atoms with Gasteiger partial charge < -0.3 is 15.4 Å². The molecule has 4 heteroatoms. The molecule has 100 valence electrons. The van der Waals surface area contributed by atoms with Gasteiger partial charge in [0.05, 0.1) is 12.7 Å². The average molecular weight is 266 g/mol. The van der Waals surface area contributed by atoms with Crippen molar-refractivity contribution in [1.29, 1.82) is 0 Å². The fraction of sp³-hybridized carbons (Fsp3) is 0.571. The number of benzene rings is 1. The monoisotopic (exact) mass is 266 g/mol. The molecule has 0 amide bonds. The molecule has 0 saturated carbocycles. The molecule has 18 heavy (non-hydrogen) atoms. The second-order valence-electron chi connectivity index (χ2n) is 4.77. The summed E-state index contributed by atoms with van der Waals surface area (Å²) in [5.41, 5.74) is 1.16. The first kappa shape index (κ1) is 13.7. The third kappa shape index (κ3) is 4.52. The van der Waals surface area contributed by atoms with Crippen molar-refractivity contribution in [3.63, 3.8) is 0 Å². The summed E-state index contributed by atoms with van der Waals surface area (Å²) in [5, 5.41) is 7.38. The Balaban J connectivity index is 1.78. The van der Waals surface area contributed by atoms with Crippen LogP contribution in [0.2, 0.25) is 0 Å². The van der Waals surface area contributed by atoms with Gasteiger partial charge in [-0.15, -0.1) is 11.8 Å². The minimum Gasteiger partial charge on any atom is -0.382 e. The Bertz CT molecular complexity index is 347. The predicted molar refractivity (Wildman–Crippen MR) is 78.5 cm³/mol. The van der Waals surface area contributed by atoms with Crippen LogP contribution >= 0.6 is 11.8 Å². The summed E-state index contributed by atoms with van der Waals surface area (Å²) in [7, 11) is 0. The van der Waals surface area contributed by atoms with Crippen molar-refractivity contribution in [3.8, 4) is 0 Å². The minimum absolute atomic E-state index is 0.281. The molecule has 0 radical (unpaired) electrons. The third-order valence-corrected chi connectivity index (χ3v) is 3.78. The zero-order chi connectivity index (χ0) is 12.8. The van der Waals surface area contributed by atoms with E-state index in [1.807, 2.05) is 11.8 Å². The van der Waals surface area contributed by atoms with Crippen LogP contribution in [0.1, 0.15) is 13.8 Å². The largest absolute Gasteiger partial charge is 0.382 e. The van der Waals surface area contributed by atoms with Gasteiger partial charge in [-0.05, 0) is 24.3 Å². The molecule has 1 aliphatic rings. The highest BCUT2D eigenvalue weighted by Crippen LogP contribution is 2.24. The number of thioether (sulfide) groups is 1. The first-order valence-corrected chi connectivity index (χ1v) is 7.45. The quantitative estimate of drug-likeness (QED) is 0.803. The van der Waals surface area contributed by atoms with Crippen LogP contribution in [0, 0.1) is 0 Å². The summed E-state index contributed by atoms with van der Waals surface area (Å²) in [6.07, 6.45) is 0.281. The van der Waals surface area contributed by atoms with E-state index in [0.29, 0.717) is 5.25 Å². The minimum atomic E-state index is 0.281. The highest BCUT2D eigenvalue weighted by molar-refractivity contribution is 7.99. The lowest BCUT2D eigenvalue weighted by atomic mass is 10.2. The second kappa shape index (κ2) is 7.02. The summed E-state index contributed by atoms with van der Waals surface area (Å²) in [4.78, 5) is 1.33. The lowest BCUT2D eigenvalue weighted by molar-refractivity contribution is 0.0372. The number of anilines is 1. The lowest BCUT2D eigenvalue weighted by Gasteiger charge is -2.24. The van der Waals surface area contributed by atoms with Crippen LogP contribution in [0.15, 0.2) is 29.2 Å². The number of morpholine rings is 1. The van der Waals surface area contributed by atoms with Crippen molar-refractivity contribution in [2.45, 2.75) is 30.1 Å². The first-order valence-electron chi connectivity index (χ1n) is 6.57. The first-order chi connectivity index (χ1) is 8.74. The summed E-state index contributed by atoms with van der Waals surface area (Å²) in [6, 6.07) is 8.63. The highest BCUT2D eigenvalue weighted by Gasteiger charge is 2.12. The maximum atomic E-state index is 5.65. The topological polar surface area (TPSA) is 33.3 Å². The van der Waals surface area contributed by atoms with Crippen LogP contribution in [0.3, 0.4) is 0 Å². The van der Waals surface area contributed by atoms with Crippen molar-refractivity contribution in [3.05, 3.63) is 24.3 Å². The molecule has 0 aromatic heterocycles. The maximum Gasteiger partial charge on any atom is 0.0872 e. The SMILES string of the molecule is CC(C)Sc1ccc(NCC2CNCCO2)cc1. The maximum absolute atomic E-state index is 5.65. The normalized spacial score (nSPS) is 20.1. The molecule has 0 bridgehead atoms. The van der Waals surface area contributed by atoms with E-state index in [2.05, 4.69) is 48.7 Å². The molecule has 1 atom stereocenters. The molecular formula is C14H22N2OS. The van der Waals surface area contributed by atoms with Crippen LogP contribution in [0.5, 0.6) is 0 Å². The van der Waals surface area contributed by atoms with Gasteiger partial charge in [-0.25, -0.2) is 0 Å². The van der Waals surface area contributed by atoms with Gasteiger partial charge in [0.25, 0.3) is 0 Å². The molecule has 3 nitrogen and oxygen atoms in total. The standard InChI is InChI=1S/C14H22N2OS/c1-11(2)18-14-5-3-12(4-6-14)16-10-13-9-15-7-8-17-13/h3-6,11,13,15-16H,7-10H2,1-2H3. The van der Waals surface area contributed by atoms with Crippen molar-refractivity contribution in [2.24, 2.45) is 0 Å². The van der Waals surface area contributed by atoms with E-state index in [0.717, 1.165) is 31.9 Å². The van der Waals surface area contributed by atoms with Crippen molar-refractivity contribution in [2.75, 3.05) is 31.6 Å². The van der Waals surface area contributed by atoms with E-state index in [1.165, 1.54) is 4.90 Å². The summed E-state index contributed by atoms with van der Waals surface area (Å²) in [5.74, 6) is 0. The molecule has 0 aliphatic carbocycles. The van der Waals surface area contributed by atoms with Gasteiger partial charge in [-0.3, -0.25) is 0 Å². The van der Waals surface area contributed by atoms with Crippen molar-refractivity contribution in [1.82, 2.24) is 5.32 Å². The Morgan fingerprint density at radius 3 is 2.78 bits per heavy atom. The Labute approximate surface area is 114 Å². The number of rotatable bonds is 5. The Morgan fingerprint density at radius 1 is 1.39 bits per heavy atom. The Kier molecular flexibility index (Phi) is 5.35. The molecular weight excluding hydrogens is 244 g/mol. The average Bonchev–Trinajstić information content (AvgIpc) is 2.38. The highest BCUT2D eigenvalue weighted by atomic mass is 32.2. The van der Waals surface area contributed by atoms with Gasteiger partial charge in [0.2, 0.25) is 0 Å². The van der Waals surface area contributed by atoms with Crippen LogP contribution in [0.25, 0.3) is 0 Å². The molecule has 1 aromatic rings. The van der Waals surface area contributed by atoms with E-state index in [4.69, 9.17) is 4.74 Å². The fourth-order valence-corrected chi connectivity index (χ4v) is 2.74. The summed E-state index contributed by atoms with van der Waals surface area (Å²) < 4.78 is 5.65. The van der Waals surface area contributed by atoms with Gasteiger partial charge in [-0.2, -0.15) is 0 Å². The van der Waals surface area contributed by atoms with E-state index in [-0.39, 0.29) is 6.10 Å². The molecule has 1 unspecified atom stereocenters. The molecule has 1 aromatic carbocycles. The zero-order valence-electron chi connectivity index (χ0n) is 11.1. The van der Waals surface area contributed by atoms with Crippen LogP contribution in [-0.2, 0) is 4.74 Å². The number of hydrogen-bond donors (Lipinski definition) is 2. The molecule has 2 N–H and O–H groups in total. The summed E-state index contributed by atoms with van der Waals surface area (Å²) >= 11 is 1.89. The van der Waals surface area contributed by atoms with Crippen molar-refractivity contribution >= 4 is 17.4 Å². The van der Waals surface area contributed by atoms with E-state index >= 15 is 0 Å². The molecule has 1 aliphatic heterocycles. The second-order valence-corrected chi connectivity index (χ2v) is 6.42. The van der Waals surface area contributed by atoms with Gasteiger partial charge in [-0.1, -0.05) is 13.8 Å². The number of nitrogens with one attached hydrogen (secondary N) is 2. The van der Waals surface area contributed by atoms with Gasteiger partial charge in [0, 0.05) is 35.5 Å². The van der Waals surface area contributed by atoms with Gasteiger partial charge in [0.15, 0.2) is 0 Å². The predicted octanol–water partition coefficient (Wildman–Crippen LogP) is 2.59. The summed E-state index contributed by atoms with van der Waals surface area (Å²) in [6.45, 7) is 8.01. The van der Waals surface area contributed by atoms with Gasteiger partial charge in [0.1, 0.15) is 0 Å². The lowest BCUT2D eigenvalue weighted by Crippen LogP contribution is -2.42. The van der Waals surface area contributed by atoms with E-state index in [9.17, 15) is 0 Å². The van der Waals surface area contributed by atoms with E-state index < -0.39 is 0 Å². The molecule has 1 heterocycles. The van der Waals surface area contributed by atoms with Gasteiger partial charge >= 0.3 is 0 Å². The number of hydrogen-bond acceptors (Lipinski definition) is 4. The van der Waals surface area contributed by atoms with Crippen LogP contribution < -0.4 is 10.6 Å². The third-order valence-electron chi connectivity index (χ3n) is 2.76. The molecule has 1 saturated heterocycles. The number of ether oxygens (including phenoxy) is 1. The van der Waals surface area contributed by atoms with E-state index in [1.54, 1.807) is 0 Å². The smallest absolute Gasteiger partial charge is 0.0872 e. The van der Waals surface area contributed by atoms with Crippen LogP contribution in [0.4, 0.5) is 5.69 Å². The fourth-order valence-electron chi connectivity index (χ4n) is 1.91. The van der Waals surface area contributed by atoms with Crippen molar-refractivity contribution < 1.29 is 4.74 Å². The zero-order valence-corrected chi connectivity index (χ0v) is 11.9.